The second-order valence-corrected chi connectivity index (χ2v) is 7.05. The average molecular weight is 372 g/mol. The Morgan fingerprint density at radius 2 is 1.89 bits per heavy atom. The van der Waals surface area contributed by atoms with Gasteiger partial charge >= 0.3 is 0 Å². The molecule has 1 atom stereocenters. The molecular weight excluding hydrogens is 347 g/mol. The molecule has 144 valence electrons. The number of benzene rings is 1. The summed E-state index contributed by atoms with van der Waals surface area (Å²) < 4.78 is 19.4. The molecule has 2 N–H and O–H groups in total. The number of furan rings is 1. The summed E-state index contributed by atoms with van der Waals surface area (Å²) in [6, 6.07) is 7.79. The van der Waals surface area contributed by atoms with Gasteiger partial charge in [0.15, 0.2) is 5.76 Å². The van der Waals surface area contributed by atoms with E-state index in [1.165, 1.54) is 31.7 Å². The predicted octanol–water partition coefficient (Wildman–Crippen LogP) is 3.99. The molecule has 3 rings (SSSR count). The van der Waals surface area contributed by atoms with Crippen LogP contribution in [0.4, 0.5) is 4.39 Å². The molecule has 5 nitrogen and oxygen atoms in total. The number of amides is 2. The summed E-state index contributed by atoms with van der Waals surface area (Å²) in [6.07, 6.45) is 5.32. The van der Waals surface area contributed by atoms with Gasteiger partial charge in [-0.3, -0.25) is 9.59 Å². The molecule has 6 heteroatoms. The van der Waals surface area contributed by atoms with Gasteiger partial charge in [-0.25, -0.2) is 4.39 Å². The van der Waals surface area contributed by atoms with Gasteiger partial charge in [0.2, 0.25) is 0 Å². The third-order valence-electron chi connectivity index (χ3n) is 5.14. The van der Waals surface area contributed by atoms with Gasteiger partial charge in [-0.15, -0.1) is 0 Å². The molecule has 1 aliphatic carbocycles. The Morgan fingerprint density at radius 3 is 2.56 bits per heavy atom. The number of nitrogens with one attached hydrogen (secondary N) is 2. The fraction of sp³-hybridized carbons (Fsp3) is 0.429. The molecule has 2 aromatic rings. The number of carbonyl (C=O) groups is 2. The molecule has 0 radical (unpaired) electrons. The van der Waals surface area contributed by atoms with E-state index in [-0.39, 0.29) is 29.4 Å². The minimum Gasteiger partial charge on any atom is -0.454 e. The SMILES string of the molecule is CNC(=O)c1cc(C(=O)NC2CCCCC2)c(C(C)c2cccc(F)c2)o1. The molecule has 0 bridgehead atoms. The fourth-order valence-electron chi connectivity index (χ4n) is 3.58. The Labute approximate surface area is 158 Å². The number of carbonyl (C=O) groups excluding carboxylic acids is 2. The van der Waals surface area contributed by atoms with E-state index in [9.17, 15) is 14.0 Å². The van der Waals surface area contributed by atoms with Crippen molar-refractivity contribution >= 4 is 11.8 Å². The second-order valence-electron chi connectivity index (χ2n) is 7.05. The lowest BCUT2D eigenvalue weighted by Crippen LogP contribution is -2.36. The molecule has 1 aromatic carbocycles. The highest BCUT2D eigenvalue weighted by Gasteiger charge is 2.27. The Kier molecular flexibility index (Phi) is 5.94. The van der Waals surface area contributed by atoms with Gasteiger partial charge in [0.25, 0.3) is 11.8 Å². The normalized spacial score (nSPS) is 16.0. The zero-order valence-corrected chi connectivity index (χ0v) is 15.7. The summed E-state index contributed by atoms with van der Waals surface area (Å²) in [6.45, 7) is 1.83. The molecule has 1 aromatic heterocycles. The first-order valence-corrected chi connectivity index (χ1v) is 9.41. The monoisotopic (exact) mass is 372 g/mol. The van der Waals surface area contributed by atoms with Crippen LogP contribution in [0.5, 0.6) is 0 Å². The van der Waals surface area contributed by atoms with E-state index in [1.807, 2.05) is 6.92 Å². The minimum atomic E-state index is -0.403. The molecule has 1 heterocycles. The molecule has 1 unspecified atom stereocenters. The highest BCUT2D eigenvalue weighted by Crippen LogP contribution is 2.30. The van der Waals surface area contributed by atoms with Gasteiger partial charge in [-0.2, -0.15) is 0 Å². The second kappa shape index (κ2) is 8.37. The maximum absolute atomic E-state index is 13.6. The van der Waals surface area contributed by atoms with Crippen LogP contribution in [0.15, 0.2) is 34.7 Å². The van der Waals surface area contributed by atoms with E-state index in [0.717, 1.165) is 25.7 Å². The Balaban J connectivity index is 1.92. The maximum atomic E-state index is 13.6. The van der Waals surface area contributed by atoms with Crippen LogP contribution in [0.2, 0.25) is 0 Å². The molecule has 2 amide bonds. The Bertz CT molecular complexity index is 825. The van der Waals surface area contributed by atoms with Crippen molar-refractivity contribution in [3.05, 3.63) is 58.8 Å². The minimum absolute atomic E-state index is 0.0737. The summed E-state index contributed by atoms with van der Waals surface area (Å²) in [5.74, 6) is -0.938. The van der Waals surface area contributed by atoms with Crippen molar-refractivity contribution in [3.8, 4) is 0 Å². The summed E-state index contributed by atoms with van der Waals surface area (Å²) in [5, 5.41) is 5.56. The van der Waals surface area contributed by atoms with Crippen LogP contribution in [0.25, 0.3) is 0 Å². The van der Waals surface area contributed by atoms with Crippen molar-refractivity contribution in [1.29, 1.82) is 0 Å². The highest BCUT2D eigenvalue weighted by atomic mass is 19.1. The van der Waals surface area contributed by atoms with E-state index in [0.29, 0.717) is 16.9 Å². The first kappa shape index (κ1) is 19.1. The lowest BCUT2D eigenvalue weighted by molar-refractivity contribution is 0.0918. The van der Waals surface area contributed by atoms with Crippen molar-refractivity contribution in [2.45, 2.75) is 51.0 Å². The molecule has 1 aliphatic rings. The molecule has 1 saturated carbocycles. The van der Waals surface area contributed by atoms with Crippen LogP contribution in [0.3, 0.4) is 0 Å². The summed E-state index contributed by atoms with van der Waals surface area (Å²) in [7, 11) is 1.50. The van der Waals surface area contributed by atoms with Crippen molar-refractivity contribution in [2.75, 3.05) is 7.05 Å². The van der Waals surface area contributed by atoms with Crippen LogP contribution < -0.4 is 10.6 Å². The Hall–Kier alpha value is -2.63. The standard InChI is InChI=1S/C21H25FN2O3/c1-13(14-7-6-8-15(22)11-14)19-17(12-18(27-19)21(26)23-2)20(25)24-16-9-4-3-5-10-16/h6-8,11-13,16H,3-5,9-10H2,1-2H3,(H,23,26)(H,24,25). The molecule has 0 spiro atoms. The van der Waals surface area contributed by atoms with Crippen molar-refractivity contribution in [3.63, 3.8) is 0 Å². The van der Waals surface area contributed by atoms with E-state index in [4.69, 9.17) is 4.42 Å². The number of hydrogen-bond acceptors (Lipinski definition) is 3. The molecule has 27 heavy (non-hydrogen) atoms. The largest absolute Gasteiger partial charge is 0.454 e. The van der Waals surface area contributed by atoms with Crippen molar-refractivity contribution in [2.24, 2.45) is 0 Å². The van der Waals surface area contributed by atoms with Gasteiger partial charge < -0.3 is 15.1 Å². The first-order valence-electron chi connectivity index (χ1n) is 9.41. The number of halogens is 1. The van der Waals surface area contributed by atoms with Crippen LogP contribution >= 0.6 is 0 Å². The van der Waals surface area contributed by atoms with E-state index < -0.39 is 5.91 Å². The fourth-order valence-corrected chi connectivity index (χ4v) is 3.58. The van der Waals surface area contributed by atoms with Gasteiger partial charge in [-0.05, 0) is 30.5 Å². The molecular formula is C21H25FN2O3. The van der Waals surface area contributed by atoms with Crippen LogP contribution in [-0.4, -0.2) is 24.9 Å². The highest BCUT2D eigenvalue weighted by molar-refractivity contribution is 5.99. The molecule has 0 saturated heterocycles. The summed E-state index contributed by atoms with van der Waals surface area (Å²) in [4.78, 5) is 24.9. The van der Waals surface area contributed by atoms with Crippen molar-refractivity contribution < 1.29 is 18.4 Å². The average Bonchev–Trinajstić information content (AvgIpc) is 3.13. The Morgan fingerprint density at radius 1 is 1.15 bits per heavy atom. The molecule has 0 aliphatic heterocycles. The van der Waals surface area contributed by atoms with Crippen LogP contribution in [-0.2, 0) is 0 Å². The summed E-state index contributed by atoms with van der Waals surface area (Å²) in [5.41, 5.74) is 1.01. The van der Waals surface area contributed by atoms with Crippen LogP contribution in [0, 0.1) is 5.82 Å². The van der Waals surface area contributed by atoms with Gasteiger partial charge in [0, 0.05) is 25.1 Å². The molecule has 1 fully saturated rings. The van der Waals surface area contributed by atoms with Crippen molar-refractivity contribution in [1.82, 2.24) is 10.6 Å². The van der Waals surface area contributed by atoms with Gasteiger partial charge in [-0.1, -0.05) is 38.3 Å². The van der Waals surface area contributed by atoms with E-state index >= 15 is 0 Å². The predicted molar refractivity (Wildman–Crippen MR) is 100 cm³/mol. The number of rotatable bonds is 5. The summed E-state index contributed by atoms with van der Waals surface area (Å²) >= 11 is 0. The quantitative estimate of drug-likeness (QED) is 0.834. The van der Waals surface area contributed by atoms with E-state index in [2.05, 4.69) is 10.6 Å². The van der Waals surface area contributed by atoms with E-state index in [1.54, 1.807) is 12.1 Å². The lowest BCUT2D eigenvalue weighted by Gasteiger charge is -2.23. The zero-order chi connectivity index (χ0) is 19.4. The topological polar surface area (TPSA) is 71.3 Å². The zero-order valence-electron chi connectivity index (χ0n) is 15.7. The smallest absolute Gasteiger partial charge is 0.286 e. The maximum Gasteiger partial charge on any atom is 0.286 e. The first-order chi connectivity index (χ1) is 13.0. The number of hydrogen-bond donors (Lipinski definition) is 2. The third-order valence-corrected chi connectivity index (χ3v) is 5.14. The lowest BCUT2D eigenvalue weighted by atomic mass is 9.94. The van der Waals surface area contributed by atoms with Gasteiger partial charge in [0.05, 0.1) is 5.56 Å². The van der Waals surface area contributed by atoms with Crippen LogP contribution in [0.1, 0.15) is 77.2 Å². The third kappa shape index (κ3) is 4.38. The van der Waals surface area contributed by atoms with Gasteiger partial charge in [0.1, 0.15) is 11.6 Å².